The van der Waals surface area contributed by atoms with Gasteiger partial charge in [0.05, 0.1) is 6.42 Å². The molecule has 1 aliphatic heterocycles. The van der Waals surface area contributed by atoms with Crippen molar-refractivity contribution in [2.45, 2.75) is 6.42 Å². The smallest absolute Gasteiger partial charge is 0.224 e. The van der Waals surface area contributed by atoms with Gasteiger partial charge in [0.1, 0.15) is 11.6 Å². The molecule has 1 aromatic carbocycles. The molecule has 2 rings (SSSR count). The molecule has 1 saturated heterocycles. The maximum absolute atomic E-state index is 13.4. The summed E-state index contributed by atoms with van der Waals surface area (Å²) in [6.07, 6.45) is -0.0618. The fraction of sp³-hybridized carbons (Fsp3) is 0.500. The molecule has 0 saturated carbocycles. The second-order valence-electron chi connectivity index (χ2n) is 4.85. The molecular weight excluding hydrogens is 300 g/mol. The first-order valence-electron chi connectivity index (χ1n) is 6.79. The van der Waals surface area contributed by atoms with Gasteiger partial charge in [-0.05, 0) is 11.6 Å². The second-order valence-corrected chi connectivity index (χ2v) is 4.85. The third kappa shape index (κ3) is 5.95. The van der Waals surface area contributed by atoms with Crippen LogP contribution in [0.5, 0.6) is 0 Å². The van der Waals surface area contributed by atoms with E-state index in [1.807, 2.05) is 0 Å². The molecule has 1 fully saturated rings. The molecule has 0 bridgehead atoms. The highest BCUT2D eigenvalue weighted by molar-refractivity contribution is 5.85. The van der Waals surface area contributed by atoms with Gasteiger partial charge in [0.25, 0.3) is 0 Å². The molecule has 118 valence electrons. The molecule has 1 heterocycles. The number of amides is 1. The SMILES string of the molecule is Cl.O=C(Cc1ccc(F)cc1F)NCCN1CCNCC1. The Balaban J connectivity index is 0.00000220. The van der Waals surface area contributed by atoms with Crippen molar-refractivity contribution in [1.29, 1.82) is 0 Å². The number of nitrogens with one attached hydrogen (secondary N) is 2. The van der Waals surface area contributed by atoms with Crippen molar-refractivity contribution in [2.75, 3.05) is 39.3 Å². The van der Waals surface area contributed by atoms with Crippen LogP contribution in [0.15, 0.2) is 18.2 Å². The predicted molar refractivity (Wildman–Crippen MR) is 79.6 cm³/mol. The zero-order chi connectivity index (χ0) is 14.4. The lowest BCUT2D eigenvalue weighted by Crippen LogP contribution is -2.46. The number of halogens is 3. The summed E-state index contributed by atoms with van der Waals surface area (Å²) >= 11 is 0. The molecular formula is C14H20ClF2N3O. The van der Waals surface area contributed by atoms with Gasteiger partial charge >= 0.3 is 0 Å². The monoisotopic (exact) mass is 319 g/mol. The fourth-order valence-electron chi connectivity index (χ4n) is 2.19. The molecule has 0 atom stereocenters. The summed E-state index contributed by atoms with van der Waals surface area (Å²) in [4.78, 5) is 13.9. The first kappa shape index (κ1) is 17.8. The minimum atomic E-state index is -0.678. The predicted octanol–water partition coefficient (Wildman–Crippen LogP) is 0.950. The van der Waals surface area contributed by atoms with Gasteiger partial charge in [0.15, 0.2) is 0 Å². The lowest BCUT2D eigenvalue weighted by molar-refractivity contribution is -0.120. The lowest BCUT2D eigenvalue weighted by Gasteiger charge is -2.27. The van der Waals surface area contributed by atoms with Crippen LogP contribution in [-0.4, -0.2) is 50.1 Å². The average molecular weight is 320 g/mol. The molecule has 0 radical (unpaired) electrons. The van der Waals surface area contributed by atoms with Crippen LogP contribution in [0.25, 0.3) is 0 Å². The zero-order valence-electron chi connectivity index (χ0n) is 11.7. The van der Waals surface area contributed by atoms with Gasteiger partial charge < -0.3 is 10.6 Å². The van der Waals surface area contributed by atoms with E-state index in [1.54, 1.807) is 0 Å². The molecule has 2 N–H and O–H groups in total. The quantitative estimate of drug-likeness (QED) is 0.849. The molecule has 21 heavy (non-hydrogen) atoms. The van der Waals surface area contributed by atoms with E-state index in [1.165, 1.54) is 6.07 Å². The van der Waals surface area contributed by atoms with Crippen molar-refractivity contribution in [3.05, 3.63) is 35.4 Å². The number of hydrogen-bond donors (Lipinski definition) is 2. The van der Waals surface area contributed by atoms with E-state index >= 15 is 0 Å². The number of rotatable bonds is 5. The number of nitrogens with zero attached hydrogens (tertiary/aromatic N) is 1. The highest BCUT2D eigenvalue weighted by Crippen LogP contribution is 2.09. The first-order chi connectivity index (χ1) is 9.65. The van der Waals surface area contributed by atoms with Gasteiger partial charge in [-0.2, -0.15) is 0 Å². The van der Waals surface area contributed by atoms with Crippen LogP contribution in [0, 0.1) is 11.6 Å². The van der Waals surface area contributed by atoms with E-state index < -0.39 is 11.6 Å². The molecule has 0 aromatic heterocycles. The second kappa shape index (κ2) is 8.92. The van der Waals surface area contributed by atoms with E-state index in [0.717, 1.165) is 44.9 Å². The third-order valence-electron chi connectivity index (χ3n) is 3.33. The molecule has 1 aromatic rings. The van der Waals surface area contributed by atoms with Crippen molar-refractivity contribution in [3.8, 4) is 0 Å². The summed E-state index contributed by atoms with van der Waals surface area (Å²) < 4.78 is 26.1. The minimum absolute atomic E-state index is 0. The summed E-state index contributed by atoms with van der Waals surface area (Å²) in [6.45, 7) is 5.22. The van der Waals surface area contributed by atoms with E-state index in [4.69, 9.17) is 0 Å². The van der Waals surface area contributed by atoms with Crippen molar-refractivity contribution in [1.82, 2.24) is 15.5 Å². The number of carbonyl (C=O) groups is 1. The maximum Gasteiger partial charge on any atom is 0.224 e. The van der Waals surface area contributed by atoms with Gasteiger partial charge in [-0.3, -0.25) is 9.69 Å². The minimum Gasteiger partial charge on any atom is -0.355 e. The Hall–Kier alpha value is -1.24. The molecule has 7 heteroatoms. The van der Waals surface area contributed by atoms with Crippen molar-refractivity contribution < 1.29 is 13.6 Å². The van der Waals surface area contributed by atoms with Crippen LogP contribution < -0.4 is 10.6 Å². The summed E-state index contributed by atoms with van der Waals surface area (Å²) in [7, 11) is 0. The van der Waals surface area contributed by atoms with Gasteiger partial charge in [0, 0.05) is 45.3 Å². The van der Waals surface area contributed by atoms with E-state index in [2.05, 4.69) is 15.5 Å². The van der Waals surface area contributed by atoms with E-state index in [0.29, 0.717) is 6.54 Å². The Kier molecular flexibility index (Phi) is 7.56. The molecule has 4 nitrogen and oxygen atoms in total. The van der Waals surface area contributed by atoms with Crippen LogP contribution in [0.4, 0.5) is 8.78 Å². The normalized spacial score (nSPS) is 15.3. The lowest BCUT2D eigenvalue weighted by atomic mass is 10.1. The van der Waals surface area contributed by atoms with E-state index in [-0.39, 0.29) is 30.3 Å². The summed E-state index contributed by atoms with van der Waals surface area (Å²) in [5.74, 6) is -1.56. The number of carbonyl (C=O) groups excluding carboxylic acids is 1. The van der Waals surface area contributed by atoms with E-state index in [9.17, 15) is 13.6 Å². The summed E-state index contributed by atoms with van der Waals surface area (Å²) in [5.41, 5.74) is 0.214. The Morgan fingerprint density at radius 1 is 1.29 bits per heavy atom. The number of piperazine rings is 1. The van der Waals surface area contributed by atoms with Crippen LogP contribution in [-0.2, 0) is 11.2 Å². The Morgan fingerprint density at radius 2 is 2.00 bits per heavy atom. The third-order valence-corrected chi connectivity index (χ3v) is 3.33. The molecule has 1 aliphatic rings. The standard InChI is InChI=1S/C14H19F2N3O.ClH/c15-12-2-1-11(13(16)10-12)9-14(20)18-5-8-19-6-3-17-4-7-19;/h1-2,10,17H,3-9H2,(H,18,20);1H. The molecule has 1 amide bonds. The van der Waals surface area contributed by atoms with Crippen LogP contribution in [0.2, 0.25) is 0 Å². The van der Waals surface area contributed by atoms with Crippen LogP contribution in [0.1, 0.15) is 5.56 Å². The fourth-order valence-corrected chi connectivity index (χ4v) is 2.19. The van der Waals surface area contributed by atoms with Crippen LogP contribution >= 0.6 is 12.4 Å². The largest absolute Gasteiger partial charge is 0.355 e. The Labute approximate surface area is 129 Å². The number of hydrogen-bond acceptors (Lipinski definition) is 3. The molecule has 0 spiro atoms. The van der Waals surface area contributed by atoms with Gasteiger partial charge in [-0.1, -0.05) is 6.07 Å². The van der Waals surface area contributed by atoms with Crippen molar-refractivity contribution in [2.24, 2.45) is 0 Å². The van der Waals surface area contributed by atoms with Gasteiger partial charge in [-0.15, -0.1) is 12.4 Å². The topological polar surface area (TPSA) is 44.4 Å². The van der Waals surface area contributed by atoms with Crippen molar-refractivity contribution >= 4 is 18.3 Å². The maximum atomic E-state index is 13.4. The molecule has 0 unspecified atom stereocenters. The summed E-state index contributed by atoms with van der Waals surface area (Å²) in [6, 6.07) is 3.26. The zero-order valence-corrected chi connectivity index (χ0v) is 12.5. The molecule has 0 aliphatic carbocycles. The van der Waals surface area contributed by atoms with Crippen LogP contribution in [0.3, 0.4) is 0 Å². The first-order valence-corrected chi connectivity index (χ1v) is 6.79. The summed E-state index contributed by atoms with van der Waals surface area (Å²) in [5, 5.41) is 6.01. The Morgan fingerprint density at radius 3 is 2.67 bits per heavy atom. The highest BCUT2D eigenvalue weighted by atomic mass is 35.5. The highest BCUT2D eigenvalue weighted by Gasteiger charge is 2.11. The van der Waals surface area contributed by atoms with Gasteiger partial charge in [0.2, 0.25) is 5.91 Å². The average Bonchev–Trinajstić information content (AvgIpc) is 2.43. The van der Waals surface area contributed by atoms with Crippen molar-refractivity contribution in [3.63, 3.8) is 0 Å². The van der Waals surface area contributed by atoms with Gasteiger partial charge in [-0.25, -0.2) is 8.78 Å². The Bertz CT molecular complexity index is 468. The number of benzene rings is 1.